The van der Waals surface area contributed by atoms with Crippen LogP contribution < -0.4 is 11.1 Å². The van der Waals surface area contributed by atoms with Crippen LogP contribution in [0, 0.1) is 0 Å². The lowest BCUT2D eigenvalue weighted by Gasteiger charge is -2.10. The van der Waals surface area contributed by atoms with Gasteiger partial charge in [0.25, 0.3) is 0 Å². The largest absolute Gasteiger partial charge is 0.316 e. The van der Waals surface area contributed by atoms with Gasteiger partial charge in [0.05, 0.1) is 6.17 Å². The van der Waals surface area contributed by atoms with Crippen molar-refractivity contribution in [2.75, 3.05) is 6.54 Å². The molecule has 1 unspecified atom stereocenters. The minimum Gasteiger partial charge on any atom is -0.316 e. The van der Waals surface area contributed by atoms with E-state index in [1.165, 1.54) is 103 Å². The first-order chi connectivity index (χ1) is 11.3. The highest BCUT2D eigenvalue weighted by Gasteiger charge is 1.97. The van der Waals surface area contributed by atoms with Gasteiger partial charge in [-0.15, -0.1) is 0 Å². The Morgan fingerprint density at radius 1 is 0.565 bits per heavy atom. The molecule has 1 atom stereocenters. The van der Waals surface area contributed by atoms with Gasteiger partial charge in [0.1, 0.15) is 0 Å². The fourth-order valence-corrected chi connectivity index (χ4v) is 3.10. The summed E-state index contributed by atoms with van der Waals surface area (Å²) in [7, 11) is 0. The number of nitrogens with one attached hydrogen (secondary N) is 1. The lowest BCUT2D eigenvalue weighted by Crippen LogP contribution is -2.37. The van der Waals surface area contributed by atoms with Crippen LogP contribution >= 0.6 is 0 Å². The predicted molar refractivity (Wildman–Crippen MR) is 106 cm³/mol. The summed E-state index contributed by atoms with van der Waals surface area (Å²) in [6.45, 7) is 5.51. The van der Waals surface area contributed by atoms with Gasteiger partial charge in [-0.25, -0.2) is 0 Å². The molecular formula is C21H46N2. The monoisotopic (exact) mass is 326 g/mol. The van der Waals surface area contributed by atoms with E-state index in [2.05, 4.69) is 19.2 Å². The highest BCUT2D eigenvalue weighted by atomic mass is 15.0. The molecule has 0 radical (unpaired) electrons. The van der Waals surface area contributed by atoms with Crippen molar-refractivity contribution in [1.29, 1.82) is 0 Å². The summed E-state index contributed by atoms with van der Waals surface area (Å²) in [6, 6.07) is 0. The summed E-state index contributed by atoms with van der Waals surface area (Å²) in [4.78, 5) is 0. The smallest absolute Gasteiger partial charge is 0.0543 e. The third-order valence-electron chi connectivity index (χ3n) is 4.88. The van der Waals surface area contributed by atoms with Gasteiger partial charge in [-0.1, -0.05) is 110 Å². The molecule has 0 bridgehead atoms. The molecule has 0 aliphatic heterocycles. The first-order valence-electron chi connectivity index (χ1n) is 10.8. The van der Waals surface area contributed by atoms with E-state index in [0.29, 0.717) is 0 Å². The van der Waals surface area contributed by atoms with E-state index < -0.39 is 0 Å². The molecule has 0 rings (SSSR count). The first-order valence-corrected chi connectivity index (χ1v) is 10.8. The van der Waals surface area contributed by atoms with Crippen molar-refractivity contribution in [1.82, 2.24) is 5.32 Å². The summed E-state index contributed by atoms with van der Waals surface area (Å²) < 4.78 is 0. The summed E-state index contributed by atoms with van der Waals surface area (Å²) in [6.07, 6.45) is 24.1. The number of rotatable bonds is 19. The van der Waals surface area contributed by atoms with E-state index in [4.69, 9.17) is 5.73 Å². The fourth-order valence-electron chi connectivity index (χ4n) is 3.10. The van der Waals surface area contributed by atoms with Crippen LogP contribution in [-0.2, 0) is 0 Å². The third kappa shape index (κ3) is 19.9. The van der Waals surface area contributed by atoms with Crippen LogP contribution in [0.15, 0.2) is 0 Å². The standard InChI is InChI=1S/C21H46N2/c1-3-5-6-7-8-9-10-11-12-13-14-15-16-17-18-19-20-23-21(22)4-2/h21,23H,3-20,22H2,1-2H3. The van der Waals surface area contributed by atoms with Crippen molar-refractivity contribution in [3.8, 4) is 0 Å². The molecule has 0 amide bonds. The van der Waals surface area contributed by atoms with Gasteiger partial charge >= 0.3 is 0 Å². The molecule has 0 aliphatic carbocycles. The molecule has 0 saturated heterocycles. The van der Waals surface area contributed by atoms with Gasteiger partial charge in [-0.05, 0) is 19.4 Å². The summed E-state index contributed by atoms with van der Waals surface area (Å²) in [5.74, 6) is 0. The Labute approximate surface area is 147 Å². The molecule has 0 aromatic rings. The molecule has 0 spiro atoms. The summed E-state index contributed by atoms with van der Waals surface area (Å²) in [5.41, 5.74) is 5.83. The zero-order valence-corrected chi connectivity index (χ0v) is 16.4. The zero-order valence-electron chi connectivity index (χ0n) is 16.4. The minimum absolute atomic E-state index is 0.200. The van der Waals surface area contributed by atoms with Crippen LogP contribution in [-0.4, -0.2) is 12.7 Å². The number of unbranched alkanes of at least 4 members (excludes halogenated alkanes) is 15. The molecule has 0 heterocycles. The van der Waals surface area contributed by atoms with E-state index in [0.717, 1.165) is 13.0 Å². The van der Waals surface area contributed by atoms with Crippen LogP contribution in [0.1, 0.15) is 123 Å². The van der Waals surface area contributed by atoms with Crippen molar-refractivity contribution in [2.24, 2.45) is 5.73 Å². The van der Waals surface area contributed by atoms with Gasteiger partial charge in [0.2, 0.25) is 0 Å². The average molecular weight is 327 g/mol. The van der Waals surface area contributed by atoms with Gasteiger partial charge in [-0.2, -0.15) is 0 Å². The lowest BCUT2D eigenvalue weighted by molar-refractivity contribution is 0.485. The first kappa shape index (κ1) is 22.9. The SMILES string of the molecule is CCCCCCCCCCCCCCCCCCNC(N)CC. The number of hydrogen-bond donors (Lipinski definition) is 2. The third-order valence-corrected chi connectivity index (χ3v) is 4.88. The Morgan fingerprint density at radius 3 is 1.26 bits per heavy atom. The molecule has 0 fully saturated rings. The lowest BCUT2D eigenvalue weighted by atomic mass is 10.0. The van der Waals surface area contributed by atoms with Gasteiger partial charge in [-0.3, -0.25) is 0 Å². The Bertz CT molecular complexity index is 206. The van der Waals surface area contributed by atoms with Crippen molar-refractivity contribution in [3.63, 3.8) is 0 Å². The van der Waals surface area contributed by atoms with Gasteiger partial charge < -0.3 is 11.1 Å². The fraction of sp³-hybridized carbons (Fsp3) is 1.00. The molecule has 23 heavy (non-hydrogen) atoms. The molecular weight excluding hydrogens is 280 g/mol. The van der Waals surface area contributed by atoms with Crippen LogP contribution in [0.3, 0.4) is 0 Å². The van der Waals surface area contributed by atoms with Crippen LogP contribution in [0.2, 0.25) is 0 Å². The Morgan fingerprint density at radius 2 is 0.913 bits per heavy atom. The Balaban J connectivity index is 2.97. The van der Waals surface area contributed by atoms with E-state index in [-0.39, 0.29) is 6.17 Å². The maximum absolute atomic E-state index is 5.83. The average Bonchev–Trinajstić information content (AvgIpc) is 2.57. The second kappa shape index (κ2) is 20.0. The van der Waals surface area contributed by atoms with E-state index in [9.17, 15) is 0 Å². The van der Waals surface area contributed by atoms with Gasteiger partial charge in [0.15, 0.2) is 0 Å². The van der Waals surface area contributed by atoms with Crippen molar-refractivity contribution >= 4 is 0 Å². The molecule has 2 heteroatoms. The second-order valence-electron chi connectivity index (χ2n) is 7.27. The molecule has 0 aromatic heterocycles. The maximum Gasteiger partial charge on any atom is 0.0543 e. The van der Waals surface area contributed by atoms with E-state index in [1.807, 2.05) is 0 Å². The minimum atomic E-state index is 0.200. The molecule has 140 valence electrons. The number of nitrogens with two attached hydrogens (primary N) is 1. The van der Waals surface area contributed by atoms with Crippen molar-refractivity contribution in [2.45, 2.75) is 129 Å². The molecule has 0 saturated carbocycles. The van der Waals surface area contributed by atoms with E-state index >= 15 is 0 Å². The quantitative estimate of drug-likeness (QED) is 0.209. The second-order valence-corrected chi connectivity index (χ2v) is 7.27. The summed E-state index contributed by atoms with van der Waals surface area (Å²) in [5, 5.41) is 3.36. The highest BCUT2D eigenvalue weighted by molar-refractivity contribution is 4.56. The summed E-state index contributed by atoms with van der Waals surface area (Å²) >= 11 is 0. The van der Waals surface area contributed by atoms with Crippen molar-refractivity contribution < 1.29 is 0 Å². The van der Waals surface area contributed by atoms with Crippen LogP contribution in [0.5, 0.6) is 0 Å². The molecule has 2 nitrogen and oxygen atoms in total. The van der Waals surface area contributed by atoms with Crippen molar-refractivity contribution in [3.05, 3.63) is 0 Å². The van der Waals surface area contributed by atoms with Crippen LogP contribution in [0.25, 0.3) is 0 Å². The molecule has 0 aliphatic rings. The van der Waals surface area contributed by atoms with Crippen LogP contribution in [0.4, 0.5) is 0 Å². The molecule has 0 aromatic carbocycles. The maximum atomic E-state index is 5.83. The highest BCUT2D eigenvalue weighted by Crippen LogP contribution is 2.13. The normalized spacial score (nSPS) is 12.7. The Kier molecular flexibility index (Phi) is 19.9. The topological polar surface area (TPSA) is 38.0 Å². The number of hydrogen-bond acceptors (Lipinski definition) is 2. The molecule has 3 N–H and O–H groups in total. The predicted octanol–water partition coefficient (Wildman–Crippen LogP) is 6.53. The van der Waals surface area contributed by atoms with Gasteiger partial charge in [0, 0.05) is 0 Å². The Hall–Kier alpha value is -0.0800. The zero-order chi connectivity index (χ0) is 17.0. The van der Waals surface area contributed by atoms with E-state index in [1.54, 1.807) is 0 Å².